The van der Waals surface area contributed by atoms with E-state index in [0.29, 0.717) is 6.54 Å². The Kier molecular flexibility index (Phi) is 5.81. The number of carbonyl (C=O) groups is 1. The Morgan fingerprint density at radius 2 is 2.22 bits per heavy atom. The van der Waals surface area contributed by atoms with Crippen LogP contribution in [0.4, 0.5) is 0 Å². The molecule has 0 bridgehead atoms. The fourth-order valence-electron chi connectivity index (χ4n) is 1.88. The SMILES string of the molecule is CCCN(CC(=O)NC)Cc1c(Br)c(C)nn1C. The summed E-state index contributed by atoms with van der Waals surface area (Å²) < 4.78 is 2.90. The topological polar surface area (TPSA) is 50.2 Å². The maximum Gasteiger partial charge on any atom is 0.233 e. The van der Waals surface area contributed by atoms with Gasteiger partial charge in [0.2, 0.25) is 5.91 Å². The van der Waals surface area contributed by atoms with Crippen molar-refractivity contribution in [3.8, 4) is 0 Å². The zero-order valence-electron chi connectivity index (χ0n) is 11.5. The van der Waals surface area contributed by atoms with Crippen LogP contribution in [0.3, 0.4) is 0 Å². The minimum Gasteiger partial charge on any atom is -0.358 e. The van der Waals surface area contributed by atoms with Crippen LogP contribution >= 0.6 is 15.9 Å². The summed E-state index contributed by atoms with van der Waals surface area (Å²) in [5, 5.41) is 7.02. The summed E-state index contributed by atoms with van der Waals surface area (Å²) in [5.41, 5.74) is 2.08. The molecule has 1 aromatic rings. The molecule has 1 heterocycles. The lowest BCUT2D eigenvalue weighted by atomic mass is 10.3. The number of hydrogen-bond acceptors (Lipinski definition) is 3. The predicted octanol–water partition coefficient (Wildman–Crippen LogP) is 1.45. The largest absolute Gasteiger partial charge is 0.358 e. The monoisotopic (exact) mass is 316 g/mol. The highest BCUT2D eigenvalue weighted by atomic mass is 79.9. The Bertz CT molecular complexity index is 416. The van der Waals surface area contributed by atoms with Crippen molar-refractivity contribution < 1.29 is 4.79 Å². The molecule has 0 atom stereocenters. The van der Waals surface area contributed by atoms with Gasteiger partial charge in [0.25, 0.3) is 0 Å². The molecule has 0 unspecified atom stereocenters. The summed E-state index contributed by atoms with van der Waals surface area (Å²) in [6.45, 7) is 6.11. The van der Waals surface area contributed by atoms with Gasteiger partial charge in [-0.05, 0) is 35.8 Å². The Balaban J connectivity index is 2.79. The van der Waals surface area contributed by atoms with Gasteiger partial charge in [-0.2, -0.15) is 5.10 Å². The summed E-state index contributed by atoms with van der Waals surface area (Å²) in [4.78, 5) is 13.6. The van der Waals surface area contributed by atoms with E-state index in [4.69, 9.17) is 0 Å². The van der Waals surface area contributed by atoms with Crippen molar-refractivity contribution >= 4 is 21.8 Å². The van der Waals surface area contributed by atoms with E-state index in [0.717, 1.165) is 35.4 Å². The van der Waals surface area contributed by atoms with Crippen LogP contribution in [0.1, 0.15) is 24.7 Å². The molecule has 1 rings (SSSR count). The molecule has 1 amide bonds. The van der Waals surface area contributed by atoms with Gasteiger partial charge in [-0.3, -0.25) is 14.4 Å². The van der Waals surface area contributed by atoms with Crippen molar-refractivity contribution in [2.75, 3.05) is 20.1 Å². The van der Waals surface area contributed by atoms with E-state index in [9.17, 15) is 4.79 Å². The number of aromatic nitrogens is 2. The average Bonchev–Trinajstić information content (AvgIpc) is 2.56. The van der Waals surface area contributed by atoms with Gasteiger partial charge in [-0.15, -0.1) is 0 Å². The Labute approximate surface area is 117 Å². The summed E-state index contributed by atoms with van der Waals surface area (Å²) in [6.07, 6.45) is 1.02. The molecule has 0 aliphatic rings. The molecule has 0 fully saturated rings. The maximum atomic E-state index is 11.5. The van der Waals surface area contributed by atoms with E-state index in [-0.39, 0.29) is 5.91 Å². The summed E-state index contributed by atoms with van der Waals surface area (Å²) in [6, 6.07) is 0. The number of nitrogens with one attached hydrogen (secondary N) is 1. The molecule has 0 spiro atoms. The standard InChI is InChI=1S/C12H21BrN4O/c1-5-6-17(8-11(18)14-3)7-10-12(13)9(2)15-16(10)4/h5-8H2,1-4H3,(H,14,18). The van der Waals surface area contributed by atoms with Crippen LogP contribution in [0.25, 0.3) is 0 Å². The van der Waals surface area contributed by atoms with Crippen LogP contribution in [0, 0.1) is 6.92 Å². The number of aryl methyl sites for hydroxylation is 2. The Morgan fingerprint density at radius 1 is 1.56 bits per heavy atom. The van der Waals surface area contributed by atoms with Gasteiger partial charge in [0, 0.05) is 20.6 Å². The van der Waals surface area contributed by atoms with Crippen molar-refractivity contribution in [1.29, 1.82) is 0 Å². The van der Waals surface area contributed by atoms with Crippen LogP contribution < -0.4 is 5.32 Å². The second-order valence-electron chi connectivity index (χ2n) is 4.35. The first-order valence-electron chi connectivity index (χ1n) is 6.10. The Morgan fingerprint density at radius 3 is 2.67 bits per heavy atom. The minimum absolute atomic E-state index is 0.0402. The second kappa shape index (κ2) is 6.89. The van der Waals surface area contributed by atoms with E-state index >= 15 is 0 Å². The minimum atomic E-state index is 0.0402. The highest BCUT2D eigenvalue weighted by Crippen LogP contribution is 2.21. The molecule has 18 heavy (non-hydrogen) atoms. The van der Waals surface area contributed by atoms with E-state index in [2.05, 4.69) is 38.2 Å². The predicted molar refractivity (Wildman–Crippen MR) is 75.3 cm³/mol. The smallest absolute Gasteiger partial charge is 0.233 e. The van der Waals surface area contributed by atoms with Crippen LogP contribution in [0.15, 0.2) is 4.47 Å². The molecule has 1 N–H and O–H groups in total. The molecule has 0 saturated heterocycles. The highest BCUT2D eigenvalue weighted by Gasteiger charge is 2.16. The van der Waals surface area contributed by atoms with Crippen LogP contribution in [-0.2, 0) is 18.4 Å². The Hall–Kier alpha value is -0.880. The molecule has 0 radical (unpaired) electrons. The van der Waals surface area contributed by atoms with E-state index in [1.54, 1.807) is 7.05 Å². The number of nitrogens with zero attached hydrogens (tertiary/aromatic N) is 3. The van der Waals surface area contributed by atoms with Crippen LogP contribution in [-0.4, -0.2) is 40.7 Å². The van der Waals surface area contributed by atoms with Gasteiger partial charge in [0.1, 0.15) is 0 Å². The number of carbonyl (C=O) groups excluding carboxylic acids is 1. The normalized spacial score (nSPS) is 11.0. The van der Waals surface area contributed by atoms with Crippen molar-refractivity contribution in [2.24, 2.45) is 7.05 Å². The number of hydrogen-bond donors (Lipinski definition) is 1. The summed E-state index contributed by atoms with van der Waals surface area (Å²) >= 11 is 3.55. The highest BCUT2D eigenvalue weighted by molar-refractivity contribution is 9.10. The first-order chi connectivity index (χ1) is 8.49. The van der Waals surface area contributed by atoms with Crippen LogP contribution in [0.2, 0.25) is 0 Å². The van der Waals surface area contributed by atoms with Crippen molar-refractivity contribution in [3.05, 3.63) is 15.9 Å². The third kappa shape index (κ3) is 3.81. The van der Waals surface area contributed by atoms with Gasteiger partial charge in [-0.25, -0.2) is 0 Å². The van der Waals surface area contributed by atoms with Crippen LogP contribution in [0.5, 0.6) is 0 Å². The lowest BCUT2D eigenvalue weighted by molar-refractivity contribution is -0.121. The van der Waals surface area contributed by atoms with Gasteiger partial charge >= 0.3 is 0 Å². The fraction of sp³-hybridized carbons (Fsp3) is 0.667. The first kappa shape index (κ1) is 15.2. The number of halogens is 1. The van der Waals surface area contributed by atoms with Gasteiger partial charge in [-0.1, -0.05) is 6.92 Å². The number of rotatable bonds is 6. The molecule has 0 aromatic carbocycles. The lowest BCUT2D eigenvalue weighted by Crippen LogP contribution is -2.36. The van der Waals surface area contributed by atoms with Gasteiger partial charge < -0.3 is 5.32 Å². The molecule has 102 valence electrons. The second-order valence-corrected chi connectivity index (χ2v) is 5.15. The van der Waals surface area contributed by atoms with Crippen molar-refractivity contribution in [1.82, 2.24) is 20.0 Å². The molecular weight excluding hydrogens is 296 g/mol. The molecule has 0 saturated carbocycles. The van der Waals surface area contributed by atoms with Crippen molar-refractivity contribution in [2.45, 2.75) is 26.8 Å². The van der Waals surface area contributed by atoms with E-state index in [1.807, 2.05) is 18.7 Å². The first-order valence-corrected chi connectivity index (χ1v) is 6.89. The molecule has 1 aromatic heterocycles. The van der Waals surface area contributed by atoms with Crippen molar-refractivity contribution in [3.63, 3.8) is 0 Å². The molecule has 0 aliphatic carbocycles. The number of likely N-dealkylation sites (N-methyl/N-ethyl adjacent to an activating group) is 1. The number of amides is 1. The third-order valence-electron chi connectivity index (χ3n) is 2.82. The summed E-state index contributed by atoms with van der Waals surface area (Å²) in [5.74, 6) is 0.0402. The van der Waals surface area contributed by atoms with Gasteiger partial charge in [0.15, 0.2) is 0 Å². The van der Waals surface area contributed by atoms with Gasteiger partial charge in [0.05, 0.1) is 22.4 Å². The summed E-state index contributed by atoms with van der Waals surface area (Å²) in [7, 11) is 3.59. The zero-order chi connectivity index (χ0) is 13.7. The lowest BCUT2D eigenvalue weighted by Gasteiger charge is -2.20. The quantitative estimate of drug-likeness (QED) is 0.864. The van der Waals surface area contributed by atoms with E-state index < -0.39 is 0 Å². The maximum absolute atomic E-state index is 11.5. The molecule has 6 heteroatoms. The molecular formula is C12H21BrN4O. The van der Waals surface area contributed by atoms with E-state index in [1.165, 1.54) is 0 Å². The third-order valence-corrected chi connectivity index (χ3v) is 3.85. The molecule has 0 aliphatic heterocycles. The molecule has 5 nitrogen and oxygen atoms in total. The fourth-order valence-corrected chi connectivity index (χ4v) is 2.34. The average molecular weight is 317 g/mol. The zero-order valence-corrected chi connectivity index (χ0v) is 13.0.